The summed E-state index contributed by atoms with van der Waals surface area (Å²) in [7, 11) is 0. The summed E-state index contributed by atoms with van der Waals surface area (Å²) in [5.41, 5.74) is 5.60. The van der Waals surface area contributed by atoms with Crippen molar-refractivity contribution in [3.63, 3.8) is 0 Å². The minimum absolute atomic E-state index is 0. The maximum atomic E-state index is 12.7. The summed E-state index contributed by atoms with van der Waals surface area (Å²) in [4.78, 5) is 26.4. The Hall–Kier alpha value is -0.810. The third-order valence-corrected chi connectivity index (χ3v) is 5.06. The zero-order valence-corrected chi connectivity index (χ0v) is 14.6. The second kappa shape index (κ2) is 8.16. The van der Waals surface area contributed by atoms with E-state index in [1.807, 2.05) is 18.7 Å². The maximum absolute atomic E-state index is 12.7. The largest absolute Gasteiger partial charge is 0.353 e. The Bertz CT molecular complexity index is 387. The number of carbonyl (C=O) groups is 2. The van der Waals surface area contributed by atoms with Crippen molar-refractivity contribution in [3.8, 4) is 0 Å². The van der Waals surface area contributed by atoms with Gasteiger partial charge in [-0.05, 0) is 25.7 Å². The summed E-state index contributed by atoms with van der Waals surface area (Å²) in [6, 6.07) is 0.210. The van der Waals surface area contributed by atoms with Crippen LogP contribution in [-0.4, -0.2) is 42.4 Å². The van der Waals surface area contributed by atoms with Crippen molar-refractivity contribution in [3.05, 3.63) is 0 Å². The molecule has 2 fully saturated rings. The van der Waals surface area contributed by atoms with Crippen molar-refractivity contribution in [1.29, 1.82) is 0 Å². The molecule has 0 bridgehead atoms. The molecule has 128 valence electrons. The van der Waals surface area contributed by atoms with E-state index in [4.69, 9.17) is 5.73 Å². The van der Waals surface area contributed by atoms with Crippen LogP contribution in [0.4, 0.5) is 0 Å². The number of likely N-dealkylation sites (tertiary alicyclic amines) is 1. The predicted octanol–water partition coefficient (Wildman–Crippen LogP) is 1.69. The molecule has 1 heterocycles. The topological polar surface area (TPSA) is 75.4 Å². The SMILES string of the molecule is CC(C)C(=O)NC1CCN(C(=O)C2(CN)CCCC2)CC1.Cl. The summed E-state index contributed by atoms with van der Waals surface area (Å²) in [6.45, 7) is 5.75. The Labute approximate surface area is 139 Å². The normalized spacial score (nSPS) is 21.5. The van der Waals surface area contributed by atoms with Crippen molar-refractivity contribution in [2.24, 2.45) is 17.1 Å². The smallest absolute Gasteiger partial charge is 0.230 e. The zero-order chi connectivity index (χ0) is 15.5. The van der Waals surface area contributed by atoms with Crippen molar-refractivity contribution in [1.82, 2.24) is 10.2 Å². The van der Waals surface area contributed by atoms with Gasteiger partial charge in [0.25, 0.3) is 0 Å². The lowest BCUT2D eigenvalue weighted by Crippen LogP contribution is -2.52. The van der Waals surface area contributed by atoms with Gasteiger partial charge in [0.1, 0.15) is 0 Å². The Morgan fingerprint density at radius 3 is 2.23 bits per heavy atom. The van der Waals surface area contributed by atoms with Gasteiger partial charge in [0.05, 0.1) is 5.41 Å². The molecule has 3 N–H and O–H groups in total. The number of hydrogen-bond donors (Lipinski definition) is 2. The van der Waals surface area contributed by atoms with Crippen molar-refractivity contribution >= 4 is 24.2 Å². The first-order valence-electron chi connectivity index (χ1n) is 8.28. The molecule has 1 saturated carbocycles. The van der Waals surface area contributed by atoms with Gasteiger partial charge in [-0.1, -0.05) is 26.7 Å². The Kier molecular flexibility index (Phi) is 7.13. The molecule has 0 radical (unpaired) electrons. The van der Waals surface area contributed by atoms with Gasteiger partial charge in [-0.2, -0.15) is 0 Å². The predicted molar refractivity (Wildman–Crippen MR) is 89.8 cm³/mol. The number of amides is 2. The van der Waals surface area contributed by atoms with Crippen LogP contribution in [-0.2, 0) is 9.59 Å². The van der Waals surface area contributed by atoms with Crippen molar-refractivity contribution in [2.75, 3.05) is 19.6 Å². The Balaban J connectivity index is 0.00000242. The van der Waals surface area contributed by atoms with E-state index < -0.39 is 0 Å². The van der Waals surface area contributed by atoms with E-state index in [1.54, 1.807) is 0 Å². The molecule has 6 heteroatoms. The number of halogens is 1. The molecule has 2 amide bonds. The van der Waals surface area contributed by atoms with Gasteiger partial charge in [-0.25, -0.2) is 0 Å². The highest BCUT2D eigenvalue weighted by molar-refractivity contribution is 5.85. The van der Waals surface area contributed by atoms with Gasteiger partial charge in [0.15, 0.2) is 0 Å². The lowest BCUT2D eigenvalue weighted by Gasteiger charge is -2.38. The maximum Gasteiger partial charge on any atom is 0.230 e. The average molecular weight is 332 g/mol. The summed E-state index contributed by atoms with van der Waals surface area (Å²) in [6.07, 6.45) is 5.81. The van der Waals surface area contributed by atoms with E-state index in [0.29, 0.717) is 6.54 Å². The third-order valence-electron chi connectivity index (χ3n) is 5.06. The Morgan fingerprint density at radius 2 is 1.77 bits per heavy atom. The van der Waals surface area contributed by atoms with Crippen molar-refractivity contribution in [2.45, 2.75) is 58.4 Å². The molecule has 22 heavy (non-hydrogen) atoms. The molecule has 0 aromatic rings. The summed E-state index contributed by atoms with van der Waals surface area (Å²) in [5.74, 6) is 0.369. The van der Waals surface area contributed by atoms with Crippen LogP contribution in [0.25, 0.3) is 0 Å². The molecule has 1 aliphatic heterocycles. The molecule has 0 aromatic carbocycles. The number of piperidine rings is 1. The minimum Gasteiger partial charge on any atom is -0.353 e. The van der Waals surface area contributed by atoms with Gasteiger partial charge in [0.2, 0.25) is 11.8 Å². The van der Waals surface area contributed by atoms with E-state index in [2.05, 4.69) is 5.32 Å². The summed E-state index contributed by atoms with van der Waals surface area (Å²) >= 11 is 0. The first kappa shape index (κ1) is 19.2. The minimum atomic E-state index is -0.298. The number of rotatable bonds is 4. The average Bonchev–Trinajstić information content (AvgIpc) is 2.97. The van der Waals surface area contributed by atoms with Crippen LogP contribution in [0.2, 0.25) is 0 Å². The monoisotopic (exact) mass is 331 g/mol. The van der Waals surface area contributed by atoms with Crippen LogP contribution in [0, 0.1) is 11.3 Å². The van der Waals surface area contributed by atoms with Crippen LogP contribution in [0.1, 0.15) is 52.4 Å². The lowest BCUT2D eigenvalue weighted by atomic mass is 9.84. The van der Waals surface area contributed by atoms with Gasteiger partial charge < -0.3 is 16.0 Å². The quantitative estimate of drug-likeness (QED) is 0.823. The molecular weight excluding hydrogens is 302 g/mol. The van der Waals surface area contributed by atoms with E-state index in [-0.39, 0.29) is 41.6 Å². The standard InChI is InChI=1S/C16H29N3O2.ClH/c1-12(2)14(20)18-13-5-9-19(10-6-13)15(21)16(11-17)7-3-4-8-16;/h12-13H,3-11,17H2,1-2H3,(H,18,20);1H. The van der Waals surface area contributed by atoms with E-state index in [1.165, 1.54) is 0 Å². The highest BCUT2D eigenvalue weighted by Crippen LogP contribution is 2.39. The number of nitrogens with one attached hydrogen (secondary N) is 1. The fourth-order valence-corrected chi connectivity index (χ4v) is 3.49. The van der Waals surface area contributed by atoms with E-state index >= 15 is 0 Å². The van der Waals surface area contributed by atoms with Crippen LogP contribution >= 0.6 is 12.4 Å². The van der Waals surface area contributed by atoms with Gasteiger partial charge in [-0.15, -0.1) is 12.4 Å². The first-order chi connectivity index (χ1) is 9.98. The number of hydrogen-bond acceptors (Lipinski definition) is 3. The number of nitrogens with zero attached hydrogens (tertiary/aromatic N) is 1. The fraction of sp³-hybridized carbons (Fsp3) is 0.875. The molecule has 0 atom stereocenters. The van der Waals surface area contributed by atoms with Gasteiger partial charge in [-0.3, -0.25) is 9.59 Å². The molecule has 2 rings (SSSR count). The summed E-state index contributed by atoms with van der Waals surface area (Å²) < 4.78 is 0. The highest BCUT2D eigenvalue weighted by atomic mass is 35.5. The van der Waals surface area contributed by atoms with E-state index in [0.717, 1.165) is 51.6 Å². The zero-order valence-electron chi connectivity index (χ0n) is 13.8. The van der Waals surface area contributed by atoms with Crippen LogP contribution in [0.3, 0.4) is 0 Å². The molecule has 0 unspecified atom stereocenters. The molecule has 5 nitrogen and oxygen atoms in total. The fourth-order valence-electron chi connectivity index (χ4n) is 3.49. The van der Waals surface area contributed by atoms with Gasteiger partial charge >= 0.3 is 0 Å². The highest BCUT2D eigenvalue weighted by Gasteiger charge is 2.43. The molecule has 2 aliphatic rings. The molecule has 1 saturated heterocycles. The van der Waals surface area contributed by atoms with Crippen LogP contribution in [0.15, 0.2) is 0 Å². The number of carbonyl (C=O) groups excluding carboxylic acids is 2. The van der Waals surface area contributed by atoms with Gasteiger partial charge in [0, 0.05) is 31.6 Å². The number of nitrogens with two attached hydrogens (primary N) is 1. The van der Waals surface area contributed by atoms with Crippen molar-refractivity contribution < 1.29 is 9.59 Å². The Morgan fingerprint density at radius 1 is 1.23 bits per heavy atom. The second-order valence-corrected chi connectivity index (χ2v) is 6.92. The molecule has 0 aromatic heterocycles. The van der Waals surface area contributed by atoms with E-state index in [9.17, 15) is 9.59 Å². The molecule has 1 aliphatic carbocycles. The summed E-state index contributed by atoms with van der Waals surface area (Å²) in [5, 5.41) is 3.07. The molecule has 0 spiro atoms. The first-order valence-corrected chi connectivity index (χ1v) is 8.28. The van der Waals surface area contributed by atoms with Crippen LogP contribution < -0.4 is 11.1 Å². The lowest BCUT2D eigenvalue weighted by molar-refractivity contribution is -0.142. The third kappa shape index (κ3) is 4.13. The van der Waals surface area contributed by atoms with Crippen LogP contribution in [0.5, 0.6) is 0 Å². The molecular formula is C16H30ClN3O2. The second-order valence-electron chi connectivity index (χ2n) is 6.92.